The van der Waals surface area contributed by atoms with Crippen molar-refractivity contribution in [2.75, 3.05) is 5.32 Å². The van der Waals surface area contributed by atoms with Gasteiger partial charge >= 0.3 is 5.56 Å². The van der Waals surface area contributed by atoms with Crippen LogP contribution in [0.3, 0.4) is 0 Å². The SMILES string of the molecule is Cc1c(Cl)cccc1Nc1nc(=O)c(OC(C)C)cn1Cc1ccccc1. The molecular formula is C21H22ClN3O2. The highest BCUT2D eigenvalue weighted by Crippen LogP contribution is 2.26. The van der Waals surface area contributed by atoms with E-state index in [1.807, 2.05) is 73.9 Å². The third-order valence-electron chi connectivity index (χ3n) is 4.04. The summed E-state index contributed by atoms with van der Waals surface area (Å²) in [6, 6.07) is 15.6. The first kappa shape index (κ1) is 19.0. The molecule has 0 saturated carbocycles. The zero-order valence-electron chi connectivity index (χ0n) is 15.6. The van der Waals surface area contributed by atoms with Crippen LogP contribution in [0.4, 0.5) is 11.6 Å². The highest BCUT2D eigenvalue weighted by molar-refractivity contribution is 6.31. The molecule has 0 spiro atoms. The summed E-state index contributed by atoms with van der Waals surface area (Å²) in [5.74, 6) is 0.666. The highest BCUT2D eigenvalue weighted by Gasteiger charge is 2.13. The number of rotatable bonds is 6. The molecule has 6 heteroatoms. The maximum Gasteiger partial charge on any atom is 0.316 e. The Bertz CT molecular complexity index is 984. The van der Waals surface area contributed by atoms with Gasteiger partial charge in [0.1, 0.15) is 0 Å². The van der Waals surface area contributed by atoms with Crippen LogP contribution in [0.5, 0.6) is 5.75 Å². The molecule has 0 aliphatic heterocycles. The van der Waals surface area contributed by atoms with E-state index >= 15 is 0 Å². The monoisotopic (exact) mass is 383 g/mol. The lowest BCUT2D eigenvalue weighted by Gasteiger charge is -2.18. The molecule has 1 aromatic heterocycles. The van der Waals surface area contributed by atoms with Gasteiger partial charge in [0, 0.05) is 10.7 Å². The van der Waals surface area contributed by atoms with E-state index in [0.29, 0.717) is 17.5 Å². The number of benzene rings is 2. The quantitative estimate of drug-likeness (QED) is 0.665. The topological polar surface area (TPSA) is 56.1 Å². The Hall–Kier alpha value is -2.79. The predicted molar refractivity (Wildman–Crippen MR) is 109 cm³/mol. The molecule has 0 atom stereocenters. The average Bonchev–Trinajstić information content (AvgIpc) is 2.63. The Balaban J connectivity index is 2.03. The van der Waals surface area contributed by atoms with E-state index in [4.69, 9.17) is 16.3 Å². The maximum atomic E-state index is 12.4. The number of nitrogens with zero attached hydrogens (tertiary/aromatic N) is 2. The number of hydrogen-bond donors (Lipinski definition) is 1. The molecule has 0 amide bonds. The molecule has 0 radical (unpaired) electrons. The third kappa shape index (κ3) is 4.68. The predicted octanol–water partition coefficient (Wildman–Crippen LogP) is 4.78. The third-order valence-corrected chi connectivity index (χ3v) is 4.45. The molecule has 3 aromatic rings. The number of hydrogen-bond acceptors (Lipinski definition) is 4. The number of aromatic nitrogens is 2. The molecule has 140 valence electrons. The molecule has 2 aromatic carbocycles. The number of anilines is 2. The second-order valence-electron chi connectivity index (χ2n) is 6.55. The van der Waals surface area contributed by atoms with E-state index in [1.165, 1.54) is 0 Å². The van der Waals surface area contributed by atoms with Gasteiger partial charge in [0.05, 0.1) is 18.8 Å². The van der Waals surface area contributed by atoms with Crippen LogP contribution in [0.15, 0.2) is 59.5 Å². The van der Waals surface area contributed by atoms with E-state index in [-0.39, 0.29) is 11.9 Å². The normalized spacial score (nSPS) is 10.9. The number of ether oxygens (including phenoxy) is 1. The van der Waals surface area contributed by atoms with Gasteiger partial charge < -0.3 is 14.6 Å². The van der Waals surface area contributed by atoms with Gasteiger partial charge in [-0.3, -0.25) is 4.79 Å². The van der Waals surface area contributed by atoms with Crippen LogP contribution >= 0.6 is 11.6 Å². The van der Waals surface area contributed by atoms with Gasteiger partial charge in [-0.25, -0.2) is 0 Å². The molecule has 27 heavy (non-hydrogen) atoms. The van der Waals surface area contributed by atoms with Gasteiger partial charge in [0.25, 0.3) is 0 Å². The van der Waals surface area contributed by atoms with Crippen LogP contribution in [0.1, 0.15) is 25.0 Å². The van der Waals surface area contributed by atoms with Crippen molar-refractivity contribution >= 4 is 23.2 Å². The van der Waals surface area contributed by atoms with Crippen LogP contribution in [0.25, 0.3) is 0 Å². The fourth-order valence-corrected chi connectivity index (χ4v) is 2.85. The molecular weight excluding hydrogens is 362 g/mol. The molecule has 1 heterocycles. The minimum atomic E-state index is -0.407. The highest BCUT2D eigenvalue weighted by atomic mass is 35.5. The maximum absolute atomic E-state index is 12.4. The fraction of sp³-hybridized carbons (Fsp3) is 0.238. The van der Waals surface area contributed by atoms with Crippen molar-refractivity contribution in [3.05, 3.63) is 81.2 Å². The number of nitrogens with one attached hydrogen (secondary N) is 1. The van der Waals surface area contributed by atoms with Gasteiger partial charge in [-0.2, -0.15) is 4.98 Å². The van der Waals surface area contributed by atoms with E-state index in [9.17, 15) is 4.79 Å². The van der Waals surface area contributed by atoms with Crippen LogP contribution in [0.2, 0.25) is 5.02 Å². The van der Waals surface area contributed by atoms with E-state index in [0.717, 1.165) is 16.8 Å². The van der Waals surface area contributed by atoms with Crippen molar-refractivity contribution in [1.29, 1.82) is 0 Å². The van der Waals surface area contributed by atoms with Crippen LogP contribution < -0.4 is 15.6 Å². The summed E-state index contributed by atoms with van der Waals surface area (Å²) in [6.45, 7) is 6.22. The van der Waals surface area contributed by atoms with Crippen LogP contribution in [-0.4, -0.2) is 15.7 Å². The van der Waals surface area contributed by atoms with Gasteiger partial charge in [-0.15, -0.1) is 0 Å². The van der Waals surface area contributed by atoms with Gasteiger partial charge in [0.15, 0.2) is 0 Å². The minimum absolute atomic E-state index is 0.112. The van der Waals surface area contributed by atoms with Crippen molar-refractivity contribution in [3.8, 4) is 5.75 Å². The Labute approximate surface area is 163 Å². The lowest BCUT2D eigenvalue weighted by Crippen LogP contribution is -2.21. The zero-order chi connectivity index (χ0) is 19.4. The second kappa shape index (κ2) is 8.27. The first-order valence-corrected chi connectivity index (χ1v) is 9.16. The smallest absolute Gasteiger partial charge is 0.316 e. The summed E-state index contributed by atoms with van der Waals surface area (Å²) in [6.07, 6.45) is 1.59. The standard InChI is InChI=1S/C21H22ClN3O2/c1-14(2)27-19-13-25(12-16-8-5-4-6-9-16)21(24-20(19)26)23-18-11-7-10-17(22)15(18)3/h4-11,13-14H,12H2,1-3H3,(H,23,24,26). The van der Waals surface area contributed by atoms with Gasteiger partial charge in [0.2, 0.25) is 11.7 Å². The molecule has 0 saturated heterocycles. The molecule has 0 aliphatic carbocycles. The summed E-state index contributed by atoms with van der Waals surface area (Å²) in [5, 5.41) is 3.88. The Kier molecular flexibility index (Phi) is 5.81. The van der Waals surface area contributed by atoms with E-state index in [2.05, 4.69) is 10.3 Å². The summed E-state index contributed by atoms with van der Waals surface area (Å²) < 4.78 is 7.50. The van der Waals surface area contributed by atoms with Crippen molar-refractivity contribution in [3.63, 3.8) is 0 Å². The van der Waals surface area contributed by atoms with Crippen LogP contribution in [-0.2, 0) is 6.54 Å². The van der Waals surface area contributed by atoms with Gasteiger partial charge in [-0.1, -0.05) is 48.0 Å². The Morgan fingerprint density at radius 1 is 1.15 bits per heavy atom. The summed E-state index contributed by atoms with van der Waals surface area (Å²) in [5.41, 5.74) is 2.37. The van der Waals surface area contributed by atoms with Crippen molar-refractivity contribution < 1.29 is 4.74 Å². The average molecular weight is 384 g/mol. The van der Waals surface area contributed by atoms with E-state index in [1.54, 1.807) is 6.20 Å². The minimum Gasteiger partial charge on any atom is -0.484 e. The van der Waals surface area contributed by atoms with Crippen molar-refractivity contribution in [2.45, 2.75) is 33.4 Å². The molecule has 1 N–H and O–H groups in total. The Morgan fingerprint density at radius 3 is 2.59 bits per heavy atom. The fourth-order valence-electron chi connectivity index (χ4n) is 2.67. The van der Waals surface area contributed by atoms with Crippen LogP contribution in [0, 0.1) is 6.92 Å². The number of halogens is 1. The summed E-state index contributed by atoms with van der Waals surface area (Å²) in [4.78, 5) is 16.6. The largest absolute Gasteiger partial charge is 0.484 e. The molecule has 0 aliphatic rings. The molecule has 0 fully saturated rings. The first-order chi connectivity index (χ1) is 12.9. The van der Waals surface area contributed by atoms with Crippen molar-refractivity contribution in [2.24, 2.45) is 0 Å². The van der Waals surface area contributed by atoms with Crippen molar-refractivity contribution in [1.82, 2.24) is 9.55 Å². The lowest BCUT2D eigenvalue weighted by atomic mass is 10.2. The Morgan fingerprint density at radius 2 is 1.89 bits per heavy atom. The molecule has 5 nitrogen and oxygen atoms in total. The first-order valence-electron chi connectivity index (χ1n) is 8.78. The molecule has 3 rings (SSSR count). The lowest BCUT2D eigenvalue weighted by molar-refractivity contribution is 0.236. The van der Waals surface area contributed by atoms with Gasteiger partial charge in [-0.05, 0) is 44.0 Å². The molecule has 0 unspecified atom stereocenters. The molecule has 0 bridgehead atoms. The summed E-state index contributed by atoms with van der Waals surface area (Å²) >= 11 is 6.21. The second-order valence-corrected chi connectivity index (χ2v) is 6.96. The summed E-state index contributed by atoms with van der Waals surface area (Å²) in [7, 11) is 0. The zero-order valence-corrected chi connectivity index (χ0v) is 16.3. The van der Waals surface area contributed by atoms with E-state index < -0.39 is 5.56 Å².